The number of furan rings is 2. The third-order valence-electron chi connectivity index (χ3n) is 22.0. The van der Waals surface area contributed by atoms with Crippen LogP contribution in [-0.2, 0) is 0 Å². The molecule has 22 rings (SSSR count). The molecule has 0 aliphatic heterocycles. The van der Waals surface area contributed by atoms with Crippen LogP contribution in [-0.4, -0.2) is 9.13 Å². The van der Waals surface area contributed by atoms with Crippen molar-refractivity contribution < 1.29 is 8.83 Å². The second kappa shape index (κ2) is 31.4. The maximum absolute atomic E-state index is 6.23. The summed E-state index contributed by atoms with van der Waals surface area (Å²) in [5.74, 6) is 0. The van der Waals surface area contributed by atoms with Crippen molar-refractivity contribution in [3.8, 4) is 78.1 Å². The van der Waals surface area contributed by atoms with Crippen LogP contribution in [0.5, 0.6) is 0 Å². The fraction of sp³-hybridized carbons (Fsp3) is 0.00917. The van der Waals surface area contributed by atoms with Crippen LogP contribution in [0.25, 0.3) is 166 Å². The van der Waals surface area contributed by atoms with Crippen LogP contribution < -0.4 is 10.2 Å². The maximum Gasteiger partial charge on any atom is 0.136 e. The molecule has 552 valence electrons. The fourth-order valence-corrected chi connectivity index (χ4v) is 16.7. The molecule has 0 saturated carbocycles. The minimum absolute atomic E-state index is 0. The topological polar surface area (TPSA) is 51.4 Å². The molecule has 4 aromatic heterocycles. The van der Waals surface area contributed by atoms with Crippen LogP contribution in [0.1, 0.15) is 7.43 Å². The molecule has 0 spiro atoms. The molecule has 0 aliphatic rings. The van der Waals surface area contributed by atoms with Crippen LogP contribution in [0.4, 0.5) is 28.4 Å². The Morgan fingerprint density at radius 1 is 0.224 bits per heavy atom. The summed E-state index contributed by atoms with van der Waals surface area (Å²) >= 11 is 3.51. The molecule has 0 unspecified atom stereocenters. The van der Waals surface area contributed by atoms with E-state index in [9.17, 15) is 0 Å². The van der Waals surface area contributed by atoms with Gasteiger partial charge in [0.15, 0.2) is 0 Å². The first kappa shape index (κ1) is 71.5. The zero-order chi connectivity index (χ0) is 76.5. The lowest BCUT2D eigenvalue weighted by molar-refractivity contribution is 0.668. The molecule has 116 heavy (non-hydrogen) atoms. The van der Waals surface area contributed by atoms with Gasteiger partial charge in [0.1, 0.15) is 22.3 Å². The molecule has 0 saturated heterocycles. The predicted octanol–water partition coefficient (Wildman–Crippen LogP) is 31.7. The molecule has 1 N–H and O–H groups in total. The Hall–Kier alpha value is -14.8. The Morgan fingerprint density at radius 2 is 0.500 bits per heavy atom. The van der Waals surface area contributed by atoms with Crippen molar-refractivity contribution in [2.45, 2.75) is 7.43 Å². The average molecular weight is 1550 g/mol. The highest BCUT2D eigenvalue weighted by Gasteiger charge is 2.20. The standard InChI is InChI=1S/C54H36N2O.C30H21NO.C24H16BrN.CH4/c1-2-12-37(13-3-1)38-24-30-42(31-25-38)55(44-34-28-40(29-35-44)46-19-11-23-53-54(46)49-18-6-9-22-52(49)57-53)43-32-26-39(27-33-43)41-14-10-15-45(36-41)56-50-20-7-4-16-47(50)48-17-5-8-21-51(48)56;1-2-7-21(8-3-1)22-13-17-24(18-14-22)31-25-19-15-23(16-20-25)26-10-6-12-29-30(26)27-9-4-5-11-28(27)32-29;25-19-14-12-17(13-15-19)18-6-5-7-20(16-18)26-23-10-3-1-8-21(23)22-9-2-4-11-24(22)26;/h1-36H;1-20,31H;1-16H;1H4. The number of halogens is 1. The van der Waals surface area contributed by atoms with E-state index < -0.39 is 0 Å². The Balaban J connectivity index is 0.000000128. The van der Waals surface area contributed by atoms with E-state index in [1.54, 1.807) is 0 Å². The minimum Gasteiger partial charge on any atom is -0.456 e. The van der Waals surface area contributed by atoms with Gasteiger partial charge in [-0.1, -0.05) is 315 Å². The summed E-state index contributed by atoms with van der Waals surface area (Å²) in [6.07, 6.45) is 0. The van der Waals surface area contributed by atoms with Gasteiger partial charge in [-0.05, 0) is 212 Å². The fourth-order valence-electron chi connectivity index (χ4n) is 16.5. The van der Waals surface area contributed by atoms with Crippen LogP contribution in [0.2, 0.25) is 0 Å². The highest BCUT2D eigenvalue weighted by atomic mass is 79.9. The number of para-hydroxylation sites is 6. The molecule has 0 amide bonds. The molecule has 6 nitrogen and oxygen atoms in total. The molecule has 22 aromatic rings. The number of benzene rings is 18. The third-order valence-corrected chi connectivity index (χ3v) is 22.5. The first-order chi connectivity index (χ1) is 56.9. The van der Waals surface area contributed by atoms with Crippen molar-refractivity contribution in [3.63, 3.8) is 0 Å². The van der Waals surface area contributed by atoms with Crippen molar-refractivity contribution in [1.82, 2.24) is 9.13 Å². The first-order valence-electron chi connectivity index (χ1n) is 38.9. The summed E-state index contributed by atoms with van der Waals surface area (Å²) in [4.78, 5) is 2.34. The van der Waals surface area contributed by atoms with E-state index >= 15 is 0 Å². The van der Waals surface area contributed by atoms with E-state index in [2.05, 4.69) is 436 Å². The van der Waals surface area contributed by atoms with Gasteiger partial charge in [-0.15, -0.1) is 0 Å². The number of anilines is 5. The second-order valence-corrected chi connectivity index (χ2v) is 29.8. The van der Waals surface area contributed by atoms with Gasteiger partial charge in [0, 0.05) is 87.4 Å². The monoisotopic (exact) mass is 1550 g/mol. The molecule has 0 bridgehead atoms. The summed E-state index contributed by atoms with van der Waals surface area (Å²) in [7, 11) is 0. The van der Waals surface area contributed by atoms with Crippen molar-refractivity contribution in [2.75, 3.05) is 10.2 Å². The summed E-state index contributed by atoms with van der Waals surface area (Å²) < 4.78 is 18.1. The van der Waals surface area contributed by atoms with Crippen molar-refractivity contribution in [1.29, 1.82) is 0 Å². The molecule has 0 radical (unpaired) electrons. The number of hydrogen-bond acceptors (Lipinski definition) is 4. The lowest BCUT2D eigenvalue weighted by Crippen LogP contribution is -2.09. The number of aromatic nitrogens is 2. The lowest BCUT2D eigenvalue weighted by Gasteiger charge is -2.26. The van der Waals surface area contributed by atoms with Gasteiger partial charge in [0.25, 0.3) is 0 Å². The van der Waals surface area contributed by atoms with Crippen LogP contribution >= 0.6 is 15.9 Å². The quantitative estimate of drug-likeness (QED) is 0.125. The van der Waals surface area contributed by atoms with Gasteiger partial charge < -0.3 is 28.2 Å². The normalized spacial score (nSPS) is 11.2. The molecule has 0 fully saturated rings. The summed E-state index contributed by atoms with van der Waals surface area (Å²) in [5.41, 5.74) is 30.5. The van der Waals surface area contributed by atoms with Crippen molar-refractivity contribution in [3.05, 3.63) is 441 Å². The molecule has 18 aromatic carbocycles. The average Bonchev–Trinajstić information content (AvgIpc) is 1.58. The Morgan fingerprint density at radius 3 is 0.888 bits per heavy atom. The van der Waals surface area contributed by atoms with Gasteiger partial charge in [0.05, 0.1) is 22.1 Å². The zero-order valence-electron chi connectivity index (χ0n) is 62.6. The van der Waals surface area contributed by atoms with Gasteiger partial charge in [0.2, 0.25) is 0 Å². The summed E-state index contributed by atoms with van der Waals surface area (Å²) in [6.45, 7) is 0. The molecular formula is C109H77BrN4O2. The predicted molar refractivity (Wildman–Crippen MR) is 494 cm³/mol. The summed E-state index contributed by atoms with van der Waals surface area (Å²) in [5, 5.41) is 13.2. The van der Waals surface area contributed by atoms with Crippen LogP contribution in [0.3, 0.4) is 0 Å². The molecule has 0 aliphatic carbocycles. The van der Waals surface area contributed by atoms with Gasteiger partial charge in [-0.3, -0.25) is 0 Å². The van der Waals surface area contributed by atoms with Crippen LogP contribution in [0.15, 0.2) is 450 Å². The number of nitrogens with one attached hydrogen (secondary N) is 1. The summed E-state index contributed by atoms with van der Waals surface area (Å²) in [6, 6.07) is 155. The smallest absolute Gasteiger partial charge is 0.136 e. The molecule has 7 heteroatoms. The molecule has 0 atom stereocenters. The maximum atomic E-state index is 6.23. The number of fused-ring (bicyclic) bond motifs is 12. The largest absolute Gasteiger partial charge is 0.456 e. The van der Waals surface area contributed by atoms with E-state index in [1.807, 2.05) is 36.4 Å². The number of nitrogens with zero attached hydrogens (tertiary/aromatic N) is 3. The first-order valence-corrected chi connectivity index (χ1v) is 39.7. The highest BCUT2D eigenvalue weighted by molar-refractivity contribution is 9.10. The number of rotatable bonds is 13. The van der Waals surface area contributed by atoms with E-state index in [0.717, 1.165) is 93.8 Å². The molecular weight excluding hydrogens is 1480 g/mol. The van der Waals surface area contributed by atoms with E-state index in [1.165, 1.54) is 105 Å². The lowest BCUT2D eigenvalue weighted by atomic mass is 9.99. The zero-order valence-corrected chi connectivity index (χ0v) is 64.2. The number of hydrogen-bond donors (Lipinski definition) is 1. The highest BCUT2D eigenvalue weighted by Crippen LogP contribution is 2.44. The SMILES string of the molecule is Brc1ccc(-c2cccc(-n3c4ccccc4c4ccccc43)c2)cc1.C.c1ccc(-c2ccc(N(c3ccc(-c4cccc(-n5c6ccccc6c6ccccc65)c4)cc3)c3ccc(-c4cccc5oc6ccccc6c45)cc3)cc2)cc1.c1ccc(-c2ccc(Nc3ccc(-c4cccc5oc6ccccc6c45)cc3)cc2)cc1. The van der Waals surface area contributed by atoms with Crippen molar-refractivity contribution in [2.24, 2.45) is 0 Å². The Labute approximate surface area is 682 Å². The Bertz CT molecular complexity index is 7160. The van der Waals surface area contributed by atoms with Gasteiger partial charge in [-0.2, -0.15) is 0 Å². The van der Waals surface area contributed by atoms with E-state index in [-0.39, 0.29) is 7.43 Å². The van der Waals surface area contributed by atoms with E-state index in [4.69, 9.17) is 8.83 Å². The molecule has 4 heterocycles. The minimum atomic E-state index is 0. The Kier molecular flexibility index (Phi) is 19.4. The second-order valence-electron chi connectivity index (χ2n) is 28.9. The van der Waals surface area contributed by atoms with Gasteiger partial charge >= 0.3 is 0 Å². The van der Waals surface area contributed by atoms with Gasteiger partial charge in [-0.25, -0.2) is 0 Å². The third kappa shape index (κ3) is 13.8. The van der Waals surface area contributed by atoms with Crippen LogP contribution in [0, 0.1) is 0 Å². The van der Waals surface area contributed by atoms with E-state index in [0.29, 0.717) is 0 Å². The van der Waals surface area contributed by atoms with Crippen molar-refractivity contribution >= 4 is 132 Å².